The summed E-state index contributed by atoms with van der Waals surface area (Å²) in [7, 11) is 0. The number of halogens is 7. The minimum absolute atomic E-state index is 0.377. The maximum absolute atomic E-state index is 13.4. The second kappa shape index (κ2) is 6.12. The smallest absolute Gasteiger partial charge is 0.283 e. The minimum atomic E-state index is -3.08. The van der Waals surface area contributed by atoms with Crippen LogP contribution in [-0.2, 0) is 0 Å². The minimum Gasteiger partial charge on any atom is -0.340 e. The molecule has 0 aliphatic carbocycles. The quantitative estimate of drug-likeness (QED) is 0.389. The van der Waals surface area contributed by atoms with E-state index < -0.39 is 56.8 Å². The Morgan fingerprint density at radius 2 is 1.45 bits per heavy atom. The Morgan fingerprint density at radius 1 is 0.955 bits per heavy atom. The molecule has 0 bridgehead atoms. The van der Waals surface area contributed by atoms with Crippen LogP contribution in [-0.4, -0.2) is 14.6 Å². The van der Waals surface area contributed by atoms with Crippen molar-refractivity contribution in [1.29, 1.82) is 0 Å². The van der Waals surface area contributed by atoms with Crippen molar-refractivity contribution in [3.63, 3.8) is 0 Å². The van der Waals surface area contributed by atoms with Crippen LogP contribution in [0.15, 0.2) is 0 Å². The van der Waals surface area contributed by atoms with Gasteiger partial charge in [0.15, 0.2) is 29.0 Å². The Kier molecular flexibility index (Phi) is 4.60. The van der Waals surface area contributed by atoms with Crippen molar-refractivity contribution >= 4 is 34.4 Å². The fourth-order valence-electron chi connectivity index (χ4n) is 1.38. The molecule has 2 rings (SSSR count). The van der Waals surface area contributed by atoms with Gasteiger partial charge in [-0.3, -0.25) is 0 Å². The van der Waals surface area contributed by atoms with Crippen molar-refractivity contribution in [2.24, 2.45) is 0 Å². The van der Waals surface area contributed by atoms with Gasteiger partial charge in [0.25, 0.3) is 6.43 Å². The topological polar surface area (TPSA) is 37.8 Å². The Bertz CT molecular complexity index is 717. The number of rotatable bonds is 3. The van der Waals surface area contributed by atoms with E-state index in [1.54, 1.807) is 5.32 Å². The van der Waals surface area contributed by atoms with E-state index >= 15 is 0 Å². The van der Waals surface area contributed by atoms with Crippen LogP contribution in [0.1, 0.15) is 17.0 Å². The summed E-state index contributed by atoms with van der Waals surface area (Å²) in [6, 6.07) is 0. The predicted octanol–water partition coefficient (Wildman–Crippen LogP) is 3.96. The molecule has 0 atom stereocenters. The summed E-state index contributed by atoms with van der Waals surface area (Å²) in [4.78, 5) is -1.15. The molecule has 1 aromatic heterocycles. The Morgan fingerprint density at radius 3 is 1.95 bits per heavy atom. The maximum atomic E-state index is 13.4. The molecule has 12 heteroatoms. The van der Waals surface area contributed by atoms with Gasteiger partial charge >= 0.3 is 0 Å². The molecule has 0 spiro atoms. The molecule has 1 N–H and O–H groups in total. The number of anilines is 1. The van der Waals surface area contributed by atoms with E-state index in [1.165, 1.54) is 0 Å². The van der Waals surface area contributed by atoms with Crippen LogP contribution < -0.4 is 5.32 Å². The molecule has 0 saturated heterocycles. The summed E-state index contributed by atoms with van der Waals surface area (Å²) in [5.41, 5.74) is -2.32. The molecule has 0 fully saturated rings. The van der Waals surface area contributed by atoms with Crippen molar-refractivity contribution in [3.05, 3.63) is 39.7 Å². The highest BCUT2D eigenvalue weighted by Gasteiger charge is 2.28. The van der Waals surface area contributed by atoms with Gasteiger partial charge < -0.3 is 5.32 Å². The first-order valence-electron chi connectivity index (χ1n) is 5.18. The molecular weight excluding hydrogens is 359 g/mol. The molecule has 1 aromatic carbocycles. The number of benzene rings is 1. The summed E-state index contributed by atoms with van der Waals surface area (Å²) in [5, 5.41) is 4.78. The fourth-order valence-corrected chi connectivity index (χ4v) is 2.27. The molecule has 0 radical (unpaired) electrons. The van der Waals surface area contributed by atoms with Crippen LogP contribution in [0.4, 0.5) is 36.4 Å². The highest BCUT2D eigenvalue weighted by Crippen LogP contribution is 2.29. The van der Waals surface area contributed by atoms with Crippen molar-refractivity contribution in [3.8, 4) is 0 Å². The molecule has 0 aliphatic heterocycles. The zero-order valence-corrected chi connectivity index (χ0v) is 11.6. The van der Waals surface area contributed by atoms with Crippen molar-refractivity contribution < 1.29 is 30.7 Å². The number of thiocarbonyl (C=S) groups is 1. The lowest BCUT2D eigenvalue weighted by atomic mass is 10.2. The summed E-state index contributed by atoms with van der Waals surface area (Å²) in [6.45, 7) is 0. The first-order chi connectivity index (χ1) is 10.3. The van der Waals surface area contributed by atoms with E-state index in [-0.39, 0.29) is 0 Å². The third kappa shape index (κ3) is 2.75. The molecule has 0 aliphatic rings. The van der Waals surface area contributed by atoms with Gasteiger partial charge in [-0.25, -0.2) is 30.7 Å². The number of hydrogen-bond acceptors (Lipinski definition) is 4. The standard InChI is InChI=1S/C10H2F7N3S2/c11-1-2(12)4(14)6(5(15)3(1)13)18-10(21)8-7(9(16)17)19-20-22-8/h9H,(H,18,21). The van der Waals surface area contributed by atoms with E-state index in [9.17, 15) is 30.7 Å². The SMILES string of the molecule is Fc1c(F)c(F)c(NC(=S)c2snnc2C(F)F)c(F)c1F. The Hall–Kier alpha value is -1.82. The van der Waals surface area contributed by atoms with Gasteiger partial charge in [-0.2, -0.15) is 0 Å². The fraction of sp³-hybridized carbons (Fsp3) is 0.100. The monoisotopic (exact) mass is 361 g/mol. The first-order valence-corrected chi connectivity index (χ1v) is 6.37. The van der Waals surface area contributed by atoms with Crippen molar-refractivity contribution in [2.75, 3.05) is 5.32 Å². The second-order valence-corrected chi connectivity index (χ2v) is 4.85. The maximum Gasteiger partial charge on any atom is 0.283 e. The molecule has 0 amide bonds. The summed E-state index contributed by atoms with van der Waals surface area (Å²) in [6.07, 6.45) is -3.08. The zero-order chi connectivity index (χ0) is 16.6. The van der Waals surface area contributed by atoms with Gasteiger partial charge in [-0.15, -0.1) is 5.10 Å². The highest BCUT2D eigenvalue weighted by atomic mass is 32.1. The molecular formula is C10H2F7N3S2. The van der Waals surface area contributed by atoms with Gasteiger partial charge in [0.1, 0.15) is 15.6 Å². The van der Waals surface area contributed by atoms with E-state index in [1.807, 2.05) is 0 Å². The summed E-state index contributed by atoms with van der Waals surface area (Å²) in [5.74, 6) is -11.1. The second-order valence-electron chi connectivity index (χ2n) is 3.69. The summed E-state index contributed by atoms with van der Waals surface area (Å²) >= 11 is 4.99. The average Bonchev–Trinajstić information content (AvgIpc) is 2.97. The van der Waals surface area contributed by atoms with E-state index in [4.69, 9.17) is 0 Å². The average molecular weight is 361 g/mol. The van der Waals surface area contributed by atoms with E-state index in [0.717, 1.165) is 0 Å². The number of alkyl halides is 2. The molecule has 1 heterocycles. The highest BCUT2D eigenvalue weighted by molar-refractivity contribution is 7.81. The lowest BCUT2D eigenvalue weighted by Crippen LogP contribution is -2.16. The van der Waals surface area contributed by atoms with Crippen molar-refractivity contribution in [2.45, 2.75) is 6.43 Å². The van der Waals surface area contributed by atoms with Crippen LogP contribution in [0.2, 0.25) is 0 Å². The van der Waals surface area contributed by atoms with Crippen LogP contribution in [0, 0.1) is 29.1 Å². The molecule has 0 unspecified atom stereocenters. The van der Waals surface area contributed by atoms with Gasteiger partial charge in [-0.1, -0.05) is 16.7 Å². The van der Waals surface area contributed by atoms with E-state index in [0.29, 0.717) is 11.5 Å². The third-order valence-corrected chi connectivity index (χ3v) is 3.57. The van der Waals surface area contributed by atoms with Crippen LogP contribution >= 0.6 is 23.8 Å². The molecule has 0 saturated carbocycles. The van der Waals surface area contributed by atoms with Crippen molar-refractivity contribution in [1.82, 2.24) is 9.59 Å². The molecule has 2 aromatic rings. The lowest BCUT2D eigenvalue weighted by molar-refractivity contribution is 0.146. The number of aromatic nitrogens is 2. The summed E-state index contributed by atoms with van der Waals surface area (Å²) < 4.78 is 94.2. The van der Waals surface area contributed by atoms with Gasteiger partial charge in [0.2, 0.25) is 5.82 Å². The number of nitrogens with zero attached hydrogens (tertiary/aromatic N) is 2. The zero-order valence-electron chi connectivity index (χ0n) is 9.93. The van der Waals surface area contributed by atoms with Crippen LogP contribution in [0.5, 0.6) is 0 Å². The molecule has 118 valence electrons. The van der Waals surface area contributed by atoms with Gasteiger partial charge in [0.05, 0.1) is 0 Å². The normalized spacial score (nSPS) is 11.1. The number of hydrogen-bond donors (Lipinski definition) is 1. The third-order valence-electron chi connectivity index (χ3n) is 2.37. The largest absolute Gasteiger partial charge is 0.340 e. The molecule has 3 nitrogen and oxygen atoms in total. The molecule has 22 heavy (non-hydrogen) atoms. The van der Waals surface area contributed by atoms with Crippen LogP contribution in [0.25, 0.3) is 0 Å². The van der Waals surface area contributed by atoms with Crippen LogP contribution in [0.3, 0.4) is 0 Å². The Balaban J connectivity index is 2.43. The van der Waals surface area contributed by atoms with E-state index in [2.05, 4.69) is 21.8 Å². The predicted molar refractivity (Wildman–Crippen MR) is 66.4 cm³/mol. The number of nitrogens with one attached hydrogen (secondary N) is 1. The van der Waals surface area contributed by atoms with Gasteiger partial charge in [0, 0.05) is 0 Å². The Labute approximate surface area is 126 Å². The lowest BCUT2D eigenvalue weighted by Gasteiger charge is -2.11. The first kappa shape index (κ1) is 16.5. The van der Waals surface area contributed by atoms with Gasteiger partial charge in [-0.05, 0) is 11.5 Å².